The number of anilines is 1. The summed E-state index contributed by atoms with van der Waals surface area (Å²) in [5, 5.41) is 13.7. The summed E-state index contributed by atoms with van der Waals surface area (Å²) in [5.74, 6) is 0.201. The van der Waals surface area contributed by atoms with Gasteiger partial charge in [0.2, 0.25) is 5.91 Å². The molecule has 0 bridgehead atoms. The summed E-state index contributed by atoms with van der Waals surface area (Å²) < 4.78 is 0. The van der Waals surface area contributed by atoms with Crippen molar-refractivity contribution in [3.8, 4) is 0 Å². The largest absolute Gasteiger partial charge is 0.324 e. The lowest BCUT2D eigenvalue weighted by atomic mass is 10.1. The molecule has 0 aromatic heterocycles. The van der Waals surface area contributed by atoms with Crippen molar-refractivity contribution < 1.29 is 14.5 Å². The highest BCUT2D eigenvalue weighted by Gasteiger charge is 2.35. The highest BCUT2D eigenvalue weighted by atomic mass is 32.2. The second kappa shape index (κ2) is 7.57. The van der Waals surface area contributed by atoms with Crippen molar-refractivity contribution in [1.82, 2.24) is 4.90 Å². The van der Waals surface area contributed by atoms with Gasteiger partial charge in [0.15, 0.2) is 0 Å². The average Bonchev–Trinajstić information content (AvgIpc) is 3.13. The van der Waals surface area contributed by atoms with E-state index in [0.717, 1.165) is 5.56 Å². The van der Waals surface area contributed by atoms with Crippen LogP contribution < -0.4 is 5.32 Å². The molecule has 1 saturated heterocycles. The Morgan fingerprint density at radius 1 is 1.23 bits per heavy atom. The minimum Gasteiger partial charge on any atom is -0.324 e. The number of non-ortho nitro benzene ring substituents is 1. The van der Waals surface area contributed by atoms with Gasteiger partial charge in [0.1, 0.15) is 6.04 Å². The minimum absolute atomic E-state index is 0.150. The number of thioether (sulfide) groups is 1. The molecule has 2 amide bonds. The molecule has 3 rings (SSSR count). The fraction of sp³-hybridized carbons (Fsp3) is 0.222. The number of carbonyl (C=O) groups is 2. The minimum atomic E-state index is -0.618. The summed E-state index contributed by atoms with van der Waals surface area (Å²) in [6.45, 7) is 1.96. The fourth-order valence-electron chi connectivity index (χ4n) is 2.64. The Labute approximate surface area is 154 Å². The molecule has 1 heterocycles. The van der Waals surface area contributed by atoms with E-state index >= 15 is 0 Å². The summed E-state index contributed by atoms with van der Waals surface area (Å²) >= 11 is 1.48. The van der Waals surface area contributed by atoms with E-state index < -0.39 is 11.0 Å². The van der Waals surface area contributed by atoms with E-state index in [-0.39, 0.29) is 23.1 Å². The van der Waals surface area contributed by atoms with Crippen molar-refractivity contribution in [2.75, 3.05) is 16.9 Å². The molecule has 8 heteroatoms. The molecule has 1 atom stereocenters. The van der Waals surface area contributed by atoms with E-state index in [1.165, 1.54) is 40.9 Å². The van der Waals surface area contributed by atoms with Crippen molar-refractivity contribution in [2.45, 2.75) is 13.0 Å². The third kappa shape index (κ3) is 3.85. The molecule has 1 fully saturated rings. The van der Waals surface area contributed by atoms with Crippen molar-refractivity contribution in [3.63, 3.8) is 0 Å². The van der Waals surface area contributed by atoms with Crippen molar-refractivity contribution in [2.24, 2.45) is 0 Å². The quantitative estimate of drug-likeness (QED) is 0.659. The molecule has 0 spiro atoms. The first-order valence-corrected chi connectivity index (χ1v) is 9.12. The van der Waals surface area contributed by atoms with Crippen LogP contribution in [0.5, 0.6) is 0 Å². The first-order valence-electron chi connectivity index (χ1n) is 7.96. The maximum absolute atomic E-state index is 12.7. The van der Waals surface area contributed by atoms with Crippen LogP contribution in [0.4, 0.5) is 11.4 Å². The van der Waals surface area contributed by atoms with Gasteiger partial charge in [0.05, 0.1) is 10.8 Å². The Bertz CT molecular complexity index is 854. The van der Waals surface area contributed by atoms with Gasteiger partial charge in [0.25, 0.3) is 11.6 Å². The van der Waals surface area contributed by atoms with E-state index in [1.54, 1.807) is 0 Å². The zero-order valence-electron chi connectivity index (χ0n) is 14.0. The van der Waals surface area contributed by atoms with Gasteiger partial charge in [-0.15, -0.1) is 11.8 Å². The number of hydrogen-bond acceptors (Lipinski definition) is 5. The number of nitro benzene ring substituents is 1. The Morgan fingerprint density at radius 3 is 2.65 bits per heavy atom. The lowest BCUT2D eigenvalue weighted by Crippen LogP contribution is -2.44. The molecule has 0 saturated carbocycles. The summed E-state index contributed by atoms with van der Waals surface area (Å²) in [6.07, 6.45) is 0. The maximum Gasteiger partial charge on any atom is 0.270 e. The SMILES string of the molecule is Cc1ccc(NC(=O)C2CSCN2C(=O)c2cccc([N+](=O)[O-])c2)cc1. The van der Waals surface area contributed by atoms with E-state index in [1.807, 2.05) is 31.2 Å². The summed E-state index contributed by atoms with van der Waals surface area (Å²) in [4.78, 5) is 37.2. The van der Waals surface area contributed by atoms with Crippen LogP contribution in [0.1, 0.15) is 15.9 Å². The molecule has 26 heavy (non-hydrogen) atoms. The van der Waals surface area contributed by atoms with Gasteiger partial charge in [-0.3, -0.25) is 19.7 Å². The van der Waals surface area contributed by atoms with Gasteiger partial charge in [-0.2, -0.15) is 0 Å². The third-order valence-corrected chi connectivity index (χ3v) is 5.08. The Hall–Kier alpha value is -2.87. The zero-order chi connectivity index (χ0) is 18.7. The molecule has 2 aromatic carbocycles. The van der Waals surface area contributed by atoms with Crippen LogP contribution in [-0.4, -0.2) is 39.3 Å². The van der Waals surface area contributed by atoms with Gasteiger partial charge in [-0.05, 0) is 25.1 Å². The van der Waals surface area contributed by atoms with Crippen LogP contribution in [0.15, 0.2) is 48.5 Å². The Balaban J connectivity index is 1.75. The molecular weight excluding hydrogens is 354 g/mol. The van der Waals surface area contributed by atoms with Gasteiger partial charge < -0.3 is 10.2 Å². The molecule has 1 unspecified atom stereocenters. The molecule has 1 aliphatic rings. The number of nitrogens with one attached hydrogen (secondary N) is 1. The van der Waals surface area contributed by atoms with Crippen LogP contribution in [0.3, 0.4) is 0 Å². The zero-order valence-corrected chi connectivity index (χ0v) is 14.9. The number of nitro groups is 1. The molecule has 0 radical (unpaired) electrons. The van der Waals surface area contributed by atoms with Crippen LogP contribution in [0.25, 0.3) is 0 Å². The van der Waals surface area contributed by atoms with Gasteiger partial charge in [-0.1, -0.05) is 23.8 Å². The Morgan fingerprint density at radius 2 is 1.96 bits per heavy atom. The van der Waals surface area contributed by atoms with E-state index in [0.29, 0.717) is 17.3 Å². The molecule has 1 N–H and O–H groups in total. The standard InChI is InChI=1S/C18H17N3O4S/c1-12-5-7-14(8-6-12)19-17(22)16-10-26-11-20(16)18(23)13-3-2-4-15(9-13)21(24)25/h2-9,16H,10-11H2,1H3,(H,19,22). The smallest absolute Gasteiger partial charge is 0.270 e. The lowest BCUT2D eigenvalue weighted by Gasteiger charge is -2.23. The number of hydrogen-bond donors (Lipinski definition) is 1. The predicted octanol–water partition coefficient (Wildman–Crippen LogP) is 3.06. The maximum atomic E-state index is 12.7. The number of aryl methyl sites for hydroxylation is 1. The number of nitrogens with zero attached hydrogens (tertiary/aromatic N) is 2. The summed E-state index contributed by atoms with van der Waals surface area (Å²) in [6, 6.07) is 12.3. The first kappa shape index (κ1) is 17.9. The van der Waals surface area contributed by atoms with E-state index in [2.05, 4.69) is 5.32 Å². The van der Waals surface area contributed by atoms with Crippen LogP contribution in [0, 0.1) is 17.0 Å². The first-order chi connectivity index (χ1) is 12.5. The highest BCUT2D eigenvalue weighted by Crippen LogP contribution is 2.25. The molecule has 7 nitrogen and oxygen atoms in total. The summed E-state index contributed by atoms with van der Waals surface area (Å²) in [5.41, 5.74) is 1.81. The van der Waals surface area contributed by atoms with Crippen molar-refractivity contribution in [1.29, 1.82) is 0 Å². The number of amides is 2. The van der Waals surface area contributed by atoms with Crippen molar-refractivity contribution >= 4 is 35.0 Å². The topological polar surface area (TPSA) is 92.6 Å². The van der Waals surface area contributed by atoms with Gasteiger partial charge in [0, 0.05) is 29.1 Å². The van der Waals surface area contributed by atoms with E-state index in [4.69, 9.17) is 0 Å². The average molecular weight is 371 g/mol. The molecular formula is C18H17N3O4S. The van der Waals surface area contributed by atoms with Crippen LogP contribution >= 0.6 is 11.8 Å². The molecule has 134 valence electrons. The van der Waals surface area contributed by atoms with Crippen LogP contribution in [0.2, 0.25) is 0 Å². The second-order valence-electron chi connectivity index (χ2n) is 5.95. The highest BCUT2D eigenvalue weighted by molar-refractivity contribution is 7.99. The van der Waals surface area contributed by atoms with Crippen molar-refractivity contribution in [3.05, 3.63) is 69.8 Å². The number of carbonyl (C=O) groups excluding carboxylic acids is 2. The summed E-state index contributed by atoms with van der Waals surface area (Å²) in [7, 11) is 0. The fourth-order valence-corrected chi connectivity index (χ4v) is 3.79. The van der Waals surface area contributed by atoms with E-state index in [9.17, 15) is 19.7 Å². The predicted molar refractivity (Wildman–Crippen MR) is 100 cm³/mol. The van der Waals surface area contributed by atoms with Gasteiger partial charge >= 0.3 is 0 Å². The lowest BCUT2D eigenvalue weighted by molar-refractivity contribution is -0.384. The van der Waals surface area contributed by atoms with Gasteiger partial charge in [-0.25, -0.2) is 0 Å². The normalized spacial score (nSPS) is 16.3. The third-order valence-electron chi connectivity index (χ3n) is 4.07. The number of rotatable bonds is 4. The number of benzene rings is 2. The second-order valence-corrected chi connectivity index (χ2v) is 6.95. The Kier molecular flexibility index (Phi) is 5.22. The van der Waals surface area contributed by atoms with Crippen LogP contribution in [-0.2, 0) is 4.79 Å². The molecule has 1 aliphatic heterocycles. The molecule has 2 aromatic rings. The monoisotopic (exact) mass is 371 g/mol. The molecule has 0 aliphatic carbocycles.